The van der Waals surface area contributed by atoms with Gasteiger partial charge in [0.05, 0.1) is 18.6 Å². The normalized spacial score (nSPS) is 14.3. The zero-order valence-corrected chi connectivity index (χ0v) is 25.3. The summed E-state index contributed by atoms with van der Waals surface area (Å²) in [6.45, 7) is 14.2. The lowest BCUT2D eigenvalue weighted by molar-refractivity contribution is 0.167. The number of rotatable bonds is 8. The predicted octanol–water partition coefficient (Wildman–Crippen LogP) is 6.97. The van der Waals surface area contributed by atoms with Crippen LogP contribution in [0.2, 0.25) is 26.2 Å². The zero-order valence-electron chi connectivity index (χ0n) is 23.3. The molecule has 0 spiro atoms. The highest BCUT2D eigenvalue weighted by atomic mass is 28.4. The molecule has 0 atom stereocenters. The van der Waals surface area contributed by atoms with Crippen LogP contribution >= 0.6 is 0 Å². The van der Waals surface area contributed by atoms with E-state index in [2.05, 4.69) is 113 Å². The fourth-order valence-electron chi connectivity index (χ4n) is 6.04. The monoisotopic (exact) mass is 540 g/mol. The van der Waals surface area contributed by atoms with Gasteiger partial charge in [-0.25, -0.2) is 4.39 Å². The average Bonchev–Trinajstić information content (AvgIpc) is 3.16. The van der Waals surface area contributed by atoms with Gasteiger partial charge >= 0.3 is 0 Å². The Hall–Kier alpha value is -2.84. The average molecular weight is 541 g/mol. The summed E-state index contributed by atoms with van der Waals surface area (Å²) >= 11 is 0. The van der Waals surface area contributed by atoms with Gasteiger partial charge in [0.2, 0.25) is 16.6 Å². The van der Waals surface area contributed by atoms with Crippen LogP contribution in [0, 0.1) is 19.7 Å². The Morgan fingerprint density at radius 2 is 1.08 bits per heavy atom. The predicted molar refractivity (Wildman–Crippen MR) is 161 cm³/mol. The first kappa shape index (κ1) is 26.8. The number of halogens is 1. The summed E-state index contributed by atoms with van der Waals surface area (Å²) in [5, 5.41) is 2.58. The van der Waals surface area contributed by atoms with Gasteiger partial charge in [0, 0.05) is 0 Å². The van der Waals surface area contributed by atoms with Crippen molar-refractivity contribution in [3.63, 3.8) is 0 Å². The molecule has 5 rings (SSSR count). The van der Waals surface area contributed by atoms with Gasteiger partial charge in [-0.1, -0.05) is 78.9 Å². The first-order valence-electron chi connectivity index (χ1n) is 13.4. The highest BCUT2D eigenvalue weighted by Gasteiger charge is 2.47. The fraction of sp³-hybridized carbons (Fsp3) is 0.273. The van der Waals surface area contributed by atoms with Gasteiger partial charge in [0.25, 0.3) is 0 Å². The van der Waals surface area contributed by atoms with E-state index in [1.807, 2.05) is 6.07 Å². The van der Waals surface area contributed by atoms with Gasteiger partial charge in [-0.2, -0.15) is 0 Å². The summed E-state index contributed by atoms with van der Waals surface area (Å²) in [7, 11) is -4.56. The third-order valence-corrected chi connectivity index (χ3v) is 13.6. The van der Waals surface area contributed by atoms with Crippen molar-refractivity contribution in [1.29, 1.82) is 0 Å². The zero-order chi connectivity index (χ0) is 27.1. The van der Waals surface area contributed by atoms with E-state index in [1.165, 1.54) is 21.5 Å². The Morgan fingerprint density at radius 1 is 0.605 bits per heavy atom. The molecule has 1 aliphatic rings. The van der Waals surface area contributed by atoms with Crippen LogP contribution in [0.5, 0.6) is 0 Å². The van der Waals surface area contributed by atoms with Crippen molar-refractivity contribution < 1.29 is 13.2 Å². The summed E-state index contributed by atoms with van der Waals surface area (Å²) in [5.74, 6) is -0.230. The molecule has 0 aromatic heterocycles. The highest BCUT2D eigenvalue weighted by molar-refractivity contribution is 6.85. The Morgan fingerprint density at radius 3 is 1.63 bits per heavy atom. The minimum Gasteiger partial charge on any atom is -0.412 e. The van der Waals surface area contributed by atoms with E-state index in [1.54, 1.807) is 12.1 Å². The van der Waals surface area contributed by atoms with E-state index in [0.717, 1.165) is 22.3 Å². The molecule has 196 valence electrons. The summed E-state index contributed by atoms with van der Waals surface area (Å²) in [4.78, 5) is 0. The second kappa shape index (κ2) is 10.0. The molecular formula is C33H37FO2Si2. The van der Waals surface area contributed by atoms with Gasteiger partial charge in [-0.15, -0.1) is 0 Å². The quantitative estimate of drug-likeness (QED) is 0.225. The molecule has 4 aromatic rings. The molecule has 0 fully saturated rings. The first-order chi connectivity index (χ1) is 18.1. The molecule has 5 heteroatoms. The molecule has 1 aliphatic carbocycles. The van der Waals surface area contributed by atoms with E-state index >= 15 is 0 Å². The van der Waals surface area contributed by atoms with Gasteiger partial charge in [0.15, 0.2) is 0 Å². The molecule has 0 unspecified atom stereocenters. The summed E-state index contributed by atoms with van der Waals surface area (Å²) in [5.41, 5.74) is 6.23. The second-order valence-corrected chi connectivity index (χ2v) is 19.2. The molecule has 0 heterocycles. The third-order valence-electron chi connectivity index (χ3n) is 8.18. The molecule has 0 N–H and O–H groups in total. The van der Waals surface area contributed by atoms with Crippen molar-refractivity contribution in [3.05, 3.63) is 119 Å². The van der Waals surface area contributed by atoms with Crippen molar-refractivity contribution in [1.82, 2.24) is 0 Å². The molecule has 0 aliphatic heterocycles. The van der Waals surface area contributed by atoms with Gasteiger partial charge in [-0.3, -0.25) is 0 Å². The minimum atomic E-state index is -2.28. The van der Waals surface area contributed by atoms with Gasteiger partial charge in [0.1, 0.15) is 5.82 Å². The maximum absolute atomic E-state index is 14.8. The Labute approximate surface area is 228 Å². The molecule has 0 amide bonds. The highest BCUT2D eigenvalue weighted by Crippen LogP contribution is 2.50. The van der Waals surface area contributed by atoms with Gasteiger partial charge in [-0.05, 0) is 95.9 Å². The Bertz CT molecular complexity index is 1420. The Balaban J connectivity index is 1.59. The van der Waals surface area contributed by atoms with Crippen LogP contribution in [0.1, 0.15) is 22.3 Å². The van der Waals surface area contributed by atoms with E-state index in [-0.39, 0.29) is 5.82 Å². The van der Waals surface area contributed by atoms with Crippen LogP contribution < -0.4 is 10.4 Å². The van der Waals surface area contributed by atoms with Crippen molar-refractivity contribution >= 4 is 27.0 Å². The standard InChI is InChI=1S/C33H37FO2Si2/c1-24-13-7-11-17-31(24)37(3,4)35-22-33(23-36-38(5,6)32-18-12-8-14-25(32)2)29-16-10-9-15-27(29)28-20-19-26(34)21-30(28)33/h7-21H,22-23H2,1-6H3. The number of hydrogen-bond acceptors (Lipinski definition) is 2. The largest absolute Gasteiger partial charge is 0.412 e. The number of hydrogen-bond donors (Lipinski definition) is 0. The summed E-state index contributed by atoms with van der Waals surface area (Å²) in [6, 6.07) is 30.6. The first-order valence-corrected chi connectivity index (χ1v) is 19.2. The van der Waals surface area contributed by atoms with Crippen molar-refractivity contribution in [2.45, 2.75) is 45.5 Å². The number of aryl methyl sites for hydroxylation is 2. The summed E-state index contributed by atoms with van der Waals surface area (Å²) < 4.78 is 28.8. The molecule has 0 radical (unpaired) electrons. The molecule has 4 aromatic carbocycles. The SMILES string of the molecule is Cc1ccccc1[Si](C)(C)OCC1(CO[Si](C)(C)c2ccccc2C)c2ccccc2-c2ccc(F)cc21. The molecule has 38 heavy (non-hydrogen) atoms. The lowest BCUT2D eigenvalue weighted by atomic mass is 9.80. The van der Waals surface area contributed by atoms with Crippen LogP contribution in [0.4, 0.5) is 4.39 Å². The van der Waals surface area contributed by atoms with Crippen LogP contribution in [0.25, 0.3) is 11.1 Å². The molecule has 0 saturated heterocycles. The van der Waals surface area contributed by atoms with Crippen molar-refractivity contribution in [2.75, 3.05) is 13.2 Å². The van der Waals surface area contributed by atoms with Crippen molar-refractivity contribution in [2.24, 2.45) is 0 Å². The lowest BCUT2D eigenvalue weighted by Crippen LogP contribution is -2.53. The molecule has 2 nitrogen and oxygen atoms in total. The van der Waals surface area contributed by atoms with Crippen LogP contribution in [-0.2, 0) is 14.3 Å². The maximum atomic E-state index is 14.8. The third kappa shape index (κ3) is 4.73. The van der Waals surface area contributed by atoms with E-state index < -0.39 is 22.0 Å². The number of benzene rings is 4. The molecule has 0 saturated carbocycles. The van der Waals surface area contributed by atoms with Crippen LogP contribution in [0.3, 0.4) is 0 Å². The minimum absolute atomic E-state index is 0.230. The molecular weight excluding hydrogens is 504 g/mol. The Kier molecular flexibility index (Phi) is 7.07. The van der Waals surface area contributed by atoms with Gasteiger partial charge < -0.3 is 8.85 Å². The van der Waals surface area contributed by atoms with Crippen LogP contribution in [0.15, 0.2) is 91.0 Å². The second-order valence-electron chi connectivity index (χ2n) is 11.5. The fourth-order valence-corrected chi connectivity index (χ4v) is 10.6. The summed E-state index contributed by atoms with van der Waals surface area (Å²) in [6.07, 6.45) is 0. The van der Waals surface area contributed by atoms with Crippen LogP contribution in [-0.4, -0.2) is 29.8 Å². The number of fused-ring (bicyclic) bond motifs is 3. The van der Waals surface area contributed by atoms with E-state index in [4.69, 9.17) is 8.85 Å². The molecule has 0 bridgehead atoms. The van der Waals surface area contributed by atoms with E-state index in [0.29, 0.717) is 13.2 Å². The maximum Gasteiger partial charge on any atom is 0.218 e. The van der Waals surface area contributed by atoms with Crippen molar-refractivity contribution in [3.8, 4) is 11.1 Å². The van der Waals surface area contributed by atoms with E-state index in [9.17, 15) is 4.39 Å². The topological polar surface area (TPSA) is 18.5 Å². The smallest absolute Gasteiger partial charge is 0.218 e. The lowest BCUT2D eigenvalue weighted by Gasteiger charge is -2.38.